The topological polar surface area (TPSA) is 53.4 Å². The van der Waals surface area contributed by atoms with E-state index in [-0.39, 0.29) is 11.8 Å². The summed E-state index contributed by atoms with van der Waals surface area (Å²) in [5, 5.41) is 7.60. The molecule has 88 valence electrons. The van der Waals surface area contributed by atoms with Gasteiger partial charge in [-0.05, 0) is 41.8 Å². The molecule has 0 aromatic heterocycles. The number of nitrogens with one attached hydrogen (secondary N) is 1. The fraction of sp³-hybridized carbons (Fsp3) is 0.818. The van der Waals surface area contributed by atoms with Crippen LogP contribution in [0, 0.1) is 5.41 Å². The summed E-state index contributed by atoms with van der Waals surface area (Å²) >= 11 is 0. The fourth-order valence-electron chi connectivity index (χ4n) is 0.901. The smallest absolute Gasteiger partial charge is 0.352 e. The van der Waals surface area contributed by atoms with Crippen LogP contribution >= 0.6 is 0 Å². The van der Waals surface area contributed by atoms with Gasteiger partial charge in [0.1, 0.15) is 11.3 Å². The average Bonchev–Trinajstić information content (AvgIpc) is 2.00. The van der Waals surface area contributed by atoms with E-state index in [0.29, 0.717) is 6.42 Å². The first-order chi connectivity index (χ1) is 6.63. The number of carbonyl (C=O) groups is 1. The Morgan fingerprint density at radius 2 is 1.87 bits per heavy atom. The van der Waals surface area contributed by atoms with Crippen molar-refractivity contribution in [2.45, 2.75) is 45.8 Å². The standard InChI is InChI=1S/C11H22N2O2/c1-8(13(5)6)7-9(12)10(14)15-11(2,3)4/h8,12H,7H2,1-6H3/t8-/m0/s1. The monoisotopic (exact) mass is 214 g/mol. The van der Waals surface area contributed by atoms with Gasteiger partial charge in [-0.1, -0.05) is 0 Å². The number of esters is 1. The summed E-state index contributed by atoms with van der Waals surface area (Å²) in [5.41, 5.74) is -0.490. The maximum atomic E-state index is 11.5. The molecule has 0 aliphatic carbocycles. The van der Waals surface area contributed by atoms with Crippen LogP contribution in [0.2, 0.25) is 0 Å². The van der Waals surface area contributed by atoms with Crippen LogP contribution < -0.4 is 0 Å². The van der Waals surface area contributed by atoms with Crippen molar-refractivity contribution < 1.29 is 9.53 Å². The first-order valence-corrected chi connectivity index (χ1v) is 5.10. The maximum Gasteiger partial charge on any atom is 0.352 e. The molecule has 0 aromatic carbocycles. The second-order valence-electron chi connectivity index (χ2n) is 5.00. The first kappa shape index (κ1) is 14.1. The van der Waals surface area contributed by atoms with Gasteiger partial charge in [-0.15, -0.1) is 0 Å². The van der Waals surface area contributed by atoms with Gasteiger partial charge in [0.25, 0.3) is 0 Å². The highest BCUT2D eigenvalue weighted by atomic mass is 16.6. The summed E-state index contributed by atoms with van der Waals surface area (Å²) < 4.78 is 5.10. The van der Waals surface area contributed by atoms with Crippen molar-refractivity contribution in [1.29, 1.82) is 5.41 Å². The minimum atomic E-state index is -0.523. The van der Waals surface area contributed by atoms with E-state index in [1.807, 2.05) is 25.9 Å². The predicted molar refractivity (Wildman–Crippen MR) is 61.3 cm³/mol. The Morgan fingerprint density at radius 3 is 2.20 bits per heavy atom. The van der Waals surface area contributed by atoms with Gasteiger partial charge in [0.15, 0.2) is 0 Å². The number of hydrogen-bond donors (Lipinski definition) is 1. The Bertz CT molecular complexity index is 241. The van der Waals surface area contributed by atoms with E-state index in [9.17, 15) is 4.79 Å². The number of carbonyl (C=O) groups excluding carboxylic acids is 1. The van der Waals surface area contributed by atoms with Crippen molar-refractivity contribution in [3.8, 4) is 0 Å². The summed E-state index contributed by atoms with van der Waals surface area (Å²) in [5.74, 6) is -0.517. The van der Waals surface area contributed by atoms with Crippen LogP contribution in [0.5, 0.6) is 0 Å². The van der Waals surface area contributed by atoms with E-state index in [4.69, 9.17) is 10.1 Å². The SMILES string of the molecule is C[C@@H](CC(=N)C(=O)OC(C)(C)C)N(C)C. The van der Waals surface area contributed by atoms with Gasteiger partial charge >= 0.3 is 5.97 Å². The zero-order valence-corrected chi connectivity index (χ0v) is 10.5. The molecule has 0 heterocycles. The molecule has 0 rings (SSSR count). The van der Waals surface area contributed by atoms with Crippen molar-refractivity contribution in [2.75, 3.05) is 14.1 Å². The van der Waals surface area contributed by atoms with E-state index >= 15 is 0 Å². The van der Waals surface area contributed by atoms with Crippen LogP contribution in [0.4, 0.5) is 0 Å². The van der Waals surface area contributed by atoms with Crippen molar-refractivity contribution in [2.24, 2.45) is 0 Å². The second kappa shape index (κ2) is 5.26. The lowest BCUT2D eigenvalue weighted by Crippen LogP contribution is -2.33. The van der Waals surface area contributed by atoms with Crippen LogP contribution in [-0.2, 0) is 9.53 Å². The van der Waals surface area contributed by atoms with Crippen LogP contribution in [0.1, 0.15) is 34.1 Å². The molecule has 0 fully saturated rings. The zero-order valence-electron chi connectivity index (χ0n) is 10.5. The Kier molecular flexibility index (Phi) is 4.94. The molecule has 4 heteroatoms. The van der Waals surface area contributed by atoms with Gasteiger partial charge < -0.3 is 9.64 Å². The third-order valence-electron chi connectivity index (χ3n) is 2.03. The molecule has 0 aliphatic heterocycles. The van der Waals surface area contributed by atoms with Crippen molar-refractivity contribution >= 4 is 11.7 Å². The molecule has 0 radical (unpaired) electrons. The van der Waals surface area contributed by atoms with Gasteiger partial charge in [0.2, 0.25) is 0 Å². The van der Waals surface area contributed by atoms with Gasteiger partial charge in [-0.3, -0.25) is 5.41 Å². The quantitative estimate of drug-likeness (QED) is 0.572. The highest BCUT2D eigenvalue weighted by molar-refractivity contribution is 6.35. The summed E-state index contributed by atoms with van der Waals surface area (Å²) in [6.45, 7) is 7.37. The molecule has 0 saturated carbocycles. The molecule has 1 atom stereocenters. The highest BCUT2D eigenvalue weighted by Gasteiger charge is 2.21. The summed E-state index contributed by atoms with van der Waals surface area (Å²) in [7, 11) is 3.85. The molecule has 0 amide bonds. The molecule has 0 unspecified atom stereocenters. The summed E-state index contributed by atoms with van der Waals surface area (Å²) in [4.78, 5) is 13.4. The molecular formula is C11H22N2O2. The van der Waals surface area contributed by atoms with E-state index in [1.165, 1.54) is 0 Å². The van der Waals surface area contributed by atoms with Crippen LogP contribution in [-0.4, -0.2) is 42.3 Å². The van der Waals surface area contributed by atoms with E-state index in [0.717, 1.165) is 0 Å². The minimum Gasteiger partial charge on any atom is -0.456 e. The maximum absolute atomic E-state index is 11.5. The van der Waals surface area contributed by atoms with Crippen molar-refractivity contribution in [3.05, 3.63) is 0 Å². The Hall–Kier alpha value is -0.900. The molecule has 1 N–H and O–H groups in total. The molecule has 0 spiro atoms. The van der Waals surface area contributed by atoms with Crippen LogP contribution in [0.25, 0.3) is 0 Å². The van der Waals surface area contributed by atoms with Gasteiger partial charge in [0.05, 0.1) is 0 Å². The normalized spacial score (nSPS) is 13.8. The van der Waals surface area contributed by atoms with Gasteiger partial charge in [-0.25, -0.2) is 4.79 Å². The molecule has 15 heavy (non-hydrogen) atoms. The number of hydrogen-bond acceptors (Lipinski definition) is 4. The molecule has 0 saturated heterocycles. The van der Waals surface area contributed by atoms with Gasteiger partial charge in [-0.2, -0.15) is 0 Å². The number of rotatable bonds is 4. The Balaban J connectivity index is 4.18. The van der Waals surface area contributed by atoms with E-state index in [1.54, 1.807) is 20.8 Å². The predicted octanol–water partition coefficient (Wildman–Crippen LogP) is 1.69. The Labute approximate surface area is 92.1 Å². The number of ether oxygens (including phenoxy) is 1. The zero-order chi connectivity index (χ0) is 12.2. The molecule has 0 aliphatic rings. The van der Waals surface area contributed by atoms with Gasteiger partial charge in [0, 0.05) is 12.5 Å². The average molecular weight is 214 g/mol. The van der Waals surface area contributed by atoms with Crippen molar-refractivity contribution in [1.82, 2.24) is 4.90 Å². The molecule has 0 bridgehead atoms. The fourth-order valence-corrected chi connectivity index (χ4v) is 0.901. The third kappa shape index (κ3) is 6.23. The molecule has 0 aromatic rings. The van der Waals surface area contributed by atoms with Crippen molar-refractivity contribution in [3.63, 3.8) is 0 Å². The number of nitrogens with zero attached hydrogens (tertiary/aromatic N) is 1. The molecule has 4 nitrogen and oxygen atoms in total. The Morgan fingerprint density at radius 1 is 1.40 bits per heavy atom. The third-order valence-corrected chi connectivity index (χ3v) is 2.03. The summed E-state index contributed by atoms with van der Waals surface area (Å²) in [6.07, 6.45) is 0.419. The summed E-state index contributed by atoms with van der Waals surface area (Å²) in [6, 6.07) is 0.171. The van der Waals surface area contributed by atoms with Crippen LogP contribution in [0.3, 0.4) is 0 Å². The highest BCUT2D eigenvalue weighted by Crippen LogP contribution is 2.09. The van der Waals surface area contributed by atoms with E-state index in [2.05, 4.69) is 0 Å². The lowest BCUT2D eigenvalue weighted by Gasteiger charge is -2.22. The lowest BCUT2D eigenvalue weighted by atomic mass is 10.1. The first-order valence-electron chi connectivity index (χ1n) is 5.10. The largest absolute Gasteiger partial charge is 0.456 e. The lowest BCUT2D eigenvalue weighted by molar-refractivity contribution is -0.146. The molecular weight excluding hydrogens is 192 g/mol. The van der Waals surface area contributed by atoms with Crippen LogP contribution in [0.15, 0.2) is 0 Å². The minimum absolute atomic E-state index is 0.0334. The van der Waals surface area contributed by atoms with E-state index < -0.39 is 11.6 Å². The second-order valence-corrected chi connectivity index (χ2v) is 5.00.